The lowest BCUT2D eigenvalue weighted by Gasteiger charge is -2.09. The van der Waals surface area contributed by atoms with Crippen LogP contribution in [0.2, 0.25) is 5.15 Å². The van der Waals surface area contributed by atoms with Gasteiger partial charge in [0.25, 0.3) is 0 Å². The van der Waals surface area contributed by atoms with E-state index in [1.165, 1.54) is 16.0 Å². The number of halogens is 1. The van der Waals surface area contributed by atoms with E-state index in [9.17, 15) is 0 Å². The Labute approximate surface area is 123 Å². The maximum Gasteiger partial charge on any atom is 0.133 e. The maximum absolute atomic E-state index is 6.06. The average molecular weight is 293 g/mol. The third-order valence-electron chi connectivity index (χ3n) is 2.75. The molecule has 0 fully saturated rings. The molecule has 1 aromatic heterocycles. The predicted molar refractivity (Wildman–Crippen MR) is 81.2 cm³/mol. The van der Waals surface area contributed by atoms with Crippen LogP contribution in [0.4, 0.5) is 0 Å². The maximum atomic E-state index is 6.06. The van der Waals surface area contributed by atoms with Crippen molar-refractivity contribution in [1.29, 1.82) is 0 Å². The zero-order valence-corrected chi connectivity index (χ0v) is 13.1. The molecule has 0 aliphatic rings. The third-order valence-corrected chi connectivity index (χ3v) is 4.04. The standard InChI is InChI=1S/C15H17ClN2S/c1-9(2)15-17-13(16)8-14(18-15)19-12-6-5-10(3)7-11(12)4/h5-9H,1-4H3. The van der Waals surface area contributed by atoms with E-state index in [4.69, 9.17) is 11.6 Å². The molecule has 2 aromatic rings. The Balaban J connectivity index is 2.32. The lowest BCUT2D eigenvalue weighted by Crippen LogP contribution is -1.98. The molecule has 0 bridgehead atoms. The summed E-state index contributed by atoms with van der Waals surface area (Å²) < 4.78 is 0. The molecule has 0 aliphatic carbocycles. The molecular weight excluding hydrogens is 276 g/mol. The van der Waals surface area contributed by atoms with Crippen molar-refractivity contribution < 1.29 is 0 Å². The van der Waals surface area contributed by atoms with Gasteiger partial charge in [0.15, 0.2) is 0 Å². The van der Waals surface area contributed by atoms with Crippen molar-refractivity contribution in [2.24, 2.45) is 0 Å². The smallest absolute Gasteiger partial charge is 0.133 e. The number of nitrogens with zero attached hydrogens (tertiary/aromatic N) is 2. The molecule has 1 aromatic carbocycles. The average Bonchev–Trinajstić information content (AvgIpc) is 2.32. The van der Waals surface area contributed by atoms with Crippen LogP contribution in [0.3, 0.4) is 0 Å². The first-order valence-corrected chi connectivity index (χ1v) is 7.44. The van der Waals surface area contributed by atoms with Gasteiger partial charge in [-0.15, -0.1) is 0 Å². The Morgan fingerprint density at radius 2 is 1.84 bits per heavy atom. The molecule has 0 saturated carbocycles. The molecule has 0 atom stereocenters. The molecule has 0 spiro atoms. The number of hydrogen-bond donors (Lipinski definition) is 0. The first kappa shape index (κ1) is 14.4. The first-order chi connectivity index (χ1) is 8.95. The lowest BCUT2D eigenvalue weighted by atomic mass is 10.2. The quantitative estimate of drug-likeness (QED) is 0.743. The minimum Gasteiger partial charge on any atom is -0.226 e. The zero-order valence-electron chi connectivity index (χ0n) is 11.6. The van der Waals surface area contributed by atoms with Crippen LogP contribution < -0.4 is 0 Å². The van der Waals surface area contributed by atoms with Crippen LogP contribution in [-0.4, -0.2) is 9.97 Å². The van der Waals surface area contributed by atoms with Crippen LogP contribution in [0.15, 0.2) is 34.2 Å². The van der Waals surface area contributed by atoms with Crippen molar-refractivity contribution in [3.05, 3.63) is 46.4 Å². The molecule has 2 nitrogen and oxygen atoms in total. The second kappa shape index (κ2) is 5.93. The summed E-state index contributed by atoms with van der Waals surface area (Å²) in [4.78, 5) is 10.0. The predicted octanol–water partition coefficient (Wildman–Crippen LogP) is 5.02. The molecule has 19 heavy (non-hydrogen) atoms. The van der Waals surface area contributed by atoms with Gasteiger partial charge in [-0.05, 0) is 25.5 Å². The number of rotatable bonds is 3. The summed E-state index contributed by atoms with van der Waals surface area (Å²) in [6, 6.07) is 8.23. The van der Waals surface area contributed by atoms with Crippen molar-refractivity contribution in [1.82, 2.24) is 9.97 Å². The SMILES string of the molecule is Cc1ccc(Sc2cc(Cl)nc(C(C)C)n2)c(C)c1. The van der Waals surface area contributed by atoms with Crippen LogP contribution in [0.5, 0.6) is 0 Å². The second-order valence-electron chi connectivity index (χ2n) is 4.91. The molecule has 0 aliphatic heterocycles. The van der Waals surface area contributed by atoms with Crippen LogP contribution >= 0.6 is 23.4 Å². The Morgan fingerprint density at radius 3 is 2.47 bits per heavy atom. The van der Waals surface area contributed by atoms with Gasteiger partial charge in [-0.3, -0.25) is 0 Å². The van der Waals surface area contributed by atoms with Gasteiger partial charge in [0.1, 0.15) is 16.0 Å². The summed E-state index contributed by atoms with van der Waals surface area (Å²) in [5.74, 6) is 1.07. The molecule has 0 saturated heterocycles. The Morgan fingerprint density at radius 1 is 1.11 bits per heavy atom. The Kier molecular flexibility index (Phi) is 4.48. The molecule has 0 unspecified atom stereocenters. The van der Waals surface area contributed by atoms with E-state index in [0.717, 1.165) is 10.9 Å². The number of hydrogen-bond acceptors (Lipinski definition) is 3. The fourth-order valence-corrected chi connectivity index (χ4v) is 2.90. The van der Waals surface area contributed by atoms with Gasteiger partial charge in [0, 0.05) is 16.9 Å². The highest BCUT2D eigenvalue weighted by atomic mass is 35.5. The van der Waals surface area contributed by atoms with Gasteiger partial charge in [0.2, 0.25) is 0 Å². The van der Waals surface area contributed by atoms with Crippen molar-refractivity contribution in [3.8, 4) is 0 Å². The first-order valence-electron chi connectivity index (χ1n) is 6.25. The molecule has 0 amide bonds. The summed E-state index contributed by atoms with van der Waals surface area (Å²) in [7, 11) is 0. The Hall–Kier alpha value is -1.06. The largest absolute Gasteiger partial charge is 0.226 e. The van der Waals surface area contributed by atoms with Crippen molar-refractivity contribution >= 4 is 23.4 Å². The van der Waals surface area contributed by atoms with E-state index in [1.54, 1.807) is 11.8 Å². The zero-order chi connectivity index (χ0) is 14.0. The van der Waals surface area contributed by atoms with Crippen LogP contribution in [0.1, 0.15) is 36.7 Å². The lowest BCUT2D eigenvalue weighted by molar-refractivity contribution is 0.753. The molecule has 4 heteroatoms. The van der Waals surface area contributed by atoms with Gasteiger partial charge in [-0.25, -0.2) is 9.97 Å². The van der Waals surface area contributed by atoms with Gasteiger partial charge in [-0.1, -0.05) is 54.9 Å². The van der Waals surface area contributed by atoms with Gasteiger partial charge >= 0.3 is 0 Å². The minimum absolute atomic E-state index is 0.275. The molecule has 1 heterocycles. The van der Waals surface area contributed by atoms with Gasteiger partial charge in [0.05, 0.1) is 0 Å². The summed E-state index contributed by atoms with van der Waals surface area (Å²) in [6.45, 7) is 8.34. The van der Waals surface area contributed by atoms with Crippen molar-refractivity contribution in [3.63, 3.8) is 0 Å². The number of aromatic nitrogens is 2. The summed E-state index contributed by atoms with van der Waals surface area (Å²) in [5, 5.41) is 1.40. The minimum atomic E-state index is 0.275. The highest BCUT2D eigenvalue weighted by Crippen LogP contribution is 2.31. The second-order valence-corrected chi connectivity index (χ2v) is 6.36. The highest BCUT2D eigenvalue weighted by molar-refractivity contribution is 7.99. The van der Waals surface area contributed by atoms with E-state index >= 15 is 0 Å². The highest BCUT2D eigenvalue weighted by Gasteiger charge is 2.09. The van der Waals surface area contributed by atoms with Crippen LogP contribution in [0, 0.1) is 13.8 Å². The van der Waals surface area contributed by atoms with Gasteiger partial charge < -0.3 is 0 Å². The van der Waals surface area contributed by atoms with E-state index in [-0.39, 0.29) is 5.92 Å². The monoisotopic (exact) mass is 292 g/mol. The fraction of sp³-hybridized carbons (Fsp3) is 0.333. The number of aryl methyl sites for hydroxylation is 2. The molecule has 0 radical (unpaired) electrons. The van der Waals surface area contributed by atoms with Crippen LogP contribution in [-0.2, 0) is 0 Å². The molecule has 2 rings (SSSR count). The van der Waals surface area contributed by atoms with Gasteiger partial charge in [-0.2, -0.15) is 0 Å². The summed E-state index contributed by atoms with van der Waals surface area (Å²) in [5.41, 5.74) is 2.52. The normalized spacial score (nSPS) is 11.1. The molecule has 100 valence electrons. The van der Waals surface area contributed by atoms with E-state index in [2.05, 4.69) is 55.9 Å². The van der Waals surface area contributed by atoms with Crippen LogP contribution in [0.25, 0.3) is 0 Å². The topological polar surface area (TPSA) is 25.8 Å². The van der Waals surface area contributed by atoms with E-state index in [1.807, 2.05) is 6.07 Å². The van der Waals surface area contributed by atoms with E-state index < -0.39 is 0 Å². The number of benzene rings is 1. The van der Waals surface area contributed by atoms with Crippen molar-refractivity contribution in [2.45, 2.75) is 43.5 Å². The fourth-order valence-electron chi connectivity index (χ4n) is 1.75. The molecular formula is C15H17ClN2S. The van der Waals surface area contributed by atoms with E-state index in [0.29, 0.717) is 5.15 Å². The third kappa shape index (κ3) is 3.71. The summed E-state index contributed by atoms with van der Waals surface area (Å²) >= 11 is 7.69. The van der Waals surface area contributed by atoms with Crippen molar-refractivity contribution in [2.75, 3.05) is 0 Å². The summed E-state index contributed by atoms with van der Waals surface area (Å²) in [6.07, 6.45) is 0. The molecule has 0 N–H and O–H groups in total. The Bertz CT molecular complexity index is 597.